The Hall–Kier alpha value is -2.74. The maximum Gasteiger partial charge on any atom is 0.246 e. The number of rotatable bonds is 5. The standard InChI is InChI=1S/C25H23BrFN3O2/c1-2-32-18-13-7-15(8-14-18)22-21-23(29-28-22)25(31)30(17-11-9-16(26)10-12-17)24(21)19-5-3-4-6-20(19)27/h3-14,21-24,28-29H,2H2,1H3. The van der Waals surface area contributed by atoms with E-state index in [0.29, 0.717) is 12.2 Å². The lowest BCUT2D eigenvalue weighted by Gasteiger charge is -2.31. The van der Waals surface area contributed by atoms with Gasteiger partial charge in [-0.05, 0) is 55.0 Å². The van der Waals surface area contributed by atoms with Crippen molar-refractivity contribution >= 4 is 27.5 Å². The van der Waals surface area contributed by atoms with Crippen LogP contribution in [0.5, 0.6) is 5.75 Å². The average Bonchev–Trinajstić information content (AvgIpc) is 3.35. The molecule has 0 spiro atoms. The Morgan fingerprint density at radius 3 is 2.34 bits per heavy atom. The summed E-state index contributed by atoms with van der Waals surface area (Å²) in [6, 6.07) is 21.0. The molecule has 2 fully saturated rings. The van der Waals surface area contributed by atoms with Crippen molar-refractivity contribution in [3.8, 4) is 5.75 Å². The van der Waals surface area contributed by atoms with Gasteiger partial charge in [0.25, 0.3) is 0 Å². The molecule has 2 saturated heterocycles. The summed E-state index contributed by atoms with van der Waals surface area (Å²) < 4.78 is 21.5. The second-order valence-electron chi connectivity index (χ2n) is 7.97. The number of carbonyl (C=O) groups is 1. The number of hydrogen-bond acceptors (Lipinski definition) is 4. The predicted molar refractivity (Wildman–Crippen MR) is 125 cm³/mol. The molecule has 7 heteroatoms. The molecule has 0 saturated carbocycles. The Bertz CT molecular complexity index is 1120. The largest absolute Gasteiger partial charge is 0.494 e. The van der Waals surface area contributed by atoms with Gasteiger partial charge in [0, 0.05) is 21.6 Å². The van der Waals surface area contributed by atoms with E-state index < -0.39 is 12.1 Å². The molecule has 2 heterocycles. The smallest absolute Gasteiger partial charge is 0.246 e. The van der Waals surface area contributed by atoms with Gasteiger partial charge in [-0.3, -0.25) is 4.79 Å². The Morgan fingerprint density at radius 2 is 1.66 bits per heavy atom. The van der Waals surface area contributed by atoms with E-state index in [9.17, 15) is 4.79 Å². The number of anilines is 1. The molecule has 0 aliphatic carbocycles. The monoisotopic (exact) mass is 495 g/mol. The molecular formula is C25H23BrFN3O2. The molecule has 0 bridgehead atoms. The van der Waals surface area contributed by atoms with E-state index in [-0.39, 0.29) is 23.7 Å². The number of carbonyl (C=O) groups excluding carboxylic acids is 1. The molecule has 0 radical (unpaired) electrons. The molecule has 2 N–H and O–H groups in total. The van der Waals surface area contributed by atoms with Crippen molar-refractivity contribution in [1.82, 2.24) is 10.9 Å². The lowest BCUT2D eigenvalue weighted by atomic mass is 9.83. The first-order valence-corrected chi connectivity index (χ1v) is 11.4. The molecule has 5 rings (SSSR count). The molecule has 2 aliphatic heterocycles. The first kappa shape index (κ1) is 21.1. The van der Waals surface area contributed by atoms with Crippen molar-refractivity contribution in [2.24, 2.45) is 5.92 Å². The maximum atomic E-state index is 15.0. The quantitative estimate of drug-likeness (QED) is 0.528. The van der Waals surface area contributed by atoms with Gasteiger partial charge in [0.05, 0.1) is 18.7 Å². The number of hydrazine groups is 1. The summed E-state index contributed by atoms with van der Waals surface area (Å²) in [5, 5.41) is 0. The summed E-state index contributed by atoms with van der Waals surface area (Å²) in [6.45, 7) is 2.54. The van der Waals surface area contributed by atoms with Gasteiger partial charge >= 0.3 is 0 Å². The van der Waals surface area contributed by atoms with Crippen molar-refractivity contribution in [3.05, 3.63) is 94.2 Å². The van der Waals surface area contributed by atoms with Crippen LogP contribution in [0.4, 0.5) is 10.1 Å². The summed E-state index contributed by atoms with van der Waals surface area (Å²) >= 11 is 3.45. The van der Waals surface area contributed by atoms with E-state index in [1.165, 1.54) is 6.07 Å². The third kappa shape index (κ3) is 3.60. The molecule has 164 valence electrons. The van der Waals surface area contributed by atoms with E-state index in [1.807, 2.05) is 61.5 Å². The van der Waals surface area contributed by atoms with Gasteiger partial charge in [-0.25, -0.2) is 15.2 Å². The lowest BCUT2D eigenvalue weighted by molar-refractivity contribution is -0.119. The second-order valence-corrected chi connectivity index (χ2v) is 8.89. The summed E-state index contributed by atoms with van der Waals surface area (Å²) in [7, 11) is 0. The molecule has 4 atom stereocenters. The predicted octanol–water partition coefficient (Wildman–Crippen LogP) is 4.91. The molecule has 5 nitrogen and oxygen atoms in total. The van der Waals surface area contributed by atoms with Crippen LogP contribution in [-0.4, -0.2) is 18.6 Å². The number of nitrogens with zero attached hydrogens (tertiary/aromatic N) is 1. The zero-order valence-corrected chi connectivity index (χ0v) is 19.1. The summed E-state index contributed by atoms with van der Waals surface area (Å²) in [5.74, 6) is 0.196. The van der Waals surface area contributed by atoms with Crippen LogP contribution in [0.1, 0.15) is 30.1 Å². The van der Waals surface area contributed by atoms with Crippen molar-refractivity contribution < 1.29 is 13.9 Å². The van der Waals surface area contributed by atoms with Crippen molar-refractivity contribution in [1.29, 1.82) is 0 Å². The van der Waals surface area contributed by atoms with Crippen LogP contribution in [0.3, 0.4) is 0 Å². The first-order chi connectivity index (χ1) is 15.6. The highest BCUT2D eigenvalue weighted by Crippen LogP contribution is 2.49. The molecule has 3 aromatic rings. The summed E-state index contributed by atoms with van der Waals surface area (Å²) in [6.07, 6.45) is 0. The Kier molecular flexibility index (Phi) is 5.71. The fourth-order valence-electron chi connectivity index (χ4n) is 4.81. The second kappa shape index (κ2) is 8.65. The molecule has 1 amide bonds. The third-order valence-electron chi connectivity index (χ3n) is 6.19. The number of nitrogens with one attached hydrogen (secondary N) is 2. The van der Waals surface area contributed by atoms with Gasteiger partial charge in [0.15, 0.2) is 0 Å². The molecular weight excluding hydrogens is 473 g/mol. The highest BCUT2D eigenvalue weighted by molar-refractivity contribution is 9.10. The van der Waals surface area contributed by atoms with Gasteiger partial charge in [0.2, 0.25) is 5.91 Å². The van der Waals surface area contributed by atoms with Gasteiger partial charge in [-0.2, -0.15) is 0 Å². The minimum Gasteiger partial charge on any atom is -0.494 e. The van der Waals surface area contributed by atoms with Crippen LogP contribution in [0.2, 0.25) is 0 Å². The van der Waals surface area contributed by atoms with E-state index in [2.05, 4.69) is 26.8 Å². The molecule has 3 aromatic carbocycles. The van der Waals surface area contributed by atoms with E-state index in [4.69, 9.17) is 4.74 Å². The Labute approximate surface area is 194 Å². The van der Waals surface area contributed by atoms with Gasteiger partial charge < -0.3 is 9.64 Å². The van der Waals surface area contributed by atoms with E-state index in [0.717, 1.165) is 21.5 Å². The number of fused-ring (bicyclic) bond motifs is 1. The van der Waals surface area contributed by atoms with Gasteiger partial charge in [-0.1, -0.05) is 46.3 Å². The fourth-order valence-corrected chi connectivity index (χ4v) is 5.07. The van der Waals surface area contributed by atoms with Crippen molar-refractivity contribution in [2.75, 3.05) is 11.5 Å². The highest BCUT2D eigenvalue weighted by Gasteiger charge is 2.56. The van der Waals surface area contributed by atoms with Crippen LogP contribution in [-0.2, 0) is 4.79 Å². The average molecular weight is 496 g/mol. The lowest BCUT2D eigenvalue weighted by Crippen LogP contribution is -2.41. The number of ether oxygens (including phenoxy) is 1. The van der Waals surface area contributed by atoms with Gasteiger partial charge in [-0.15, -0.1) is 0 Å². The molecule has 2 aliphatic rings. The number of halogens is 2. The van der Waals surface area contributed by atoms with E-state index >= 15 is 4.39 Å². The zero-order chi connectivity index (χ0) is 22.2. The topological polar surface area (TPSA) is 53.6 Å². The normalized spacial score (nSPS) is 24.6. The summed E-state index contributed by atoms with van der Waals surface area (Å²) in [4.78, 5) is 15.3. The summed E-state index contributed by atoms with van der Waals surface area (Å²) in [5.41, 5.74) is 8.74. The number of benzene rings is 3. The first-order valence-electron chi connectivity index (χ1n) is 10.7. The molecule has 32 heavy (non-hydrogen) atoms. The van der Waals surface area contributed by atoms with Crippen LogP contribution in [0.15, 0.2) is 77.3 Å². The third-order valence-corrected chi connectivity index (χ3v) is 6.72. The minimum absolute atomic E-state index is 0.0773. The minimum atomic E-state index is -0.472. The Morgan fingerprint density at radius 1 is 0.969 bits per heavy atom. The van der Waals surface area contributed by atoms with Crippen LogP contribution in [0.25, 0.3) is 0 Å². The SMILES string of the molecule is CCOc1ccc(C2NNC3C(=O)N(c4ccc(Br)cc4)C(c4ccccc4F)C32)cc1. The van der Waals surface area contributed by atoms with Crippen LogP contribution in [0, 0.1) is 11.7 Å². The number of hydrogen-bond donors (Lipinski definition) is 2. The van der Waals surface area contributed by atoms with Crippen molar-refractivity contribution in [3.63, 3.8) is 0 Å². The molecule has 0 aromatic heterocycles. The Balaban J connectivity index is 1.59. The highest BCUT2D eigenvalue weighted by atomic mass is 79.9. The van der Waals surface area contributed by atoms with E-state index in [1.54, 1.807) is 17.0 Å². The fraction of sp³-hybridized carbons (Fsp3) is 0.240. The van der Waals surface area contributed by atoms with Crippen LogP contribution < -0.4 is 20.5 Å². The molecule has 4 unspecified atom stereocenters. The maximum absolute atomic E-state index is 15.0. The van der Waals surface area contributed by atoms with Gasteiger partial charge in [0.1, 0.15) is 17.6 Å². The number of amides is 1. The van der Waals surface area contributed by atoms with Crippen molar-refractivity contribution in [2.45, 2.75) is 25.0 Å². The van der Waals surface area contributed by atoms with Crippen LogP contribution >= 0.6 is 15.9 Å². The zero-order valence-electron chi connectivity index (χ0n) is 17.5.